The molecule has 1 unspecified atom stereocenters. The molecule has 2 rings (SSSR count). The van der Waals surface area contributed by atoms with Crippen molar-refractivity contribution in [3.63, 3.8) is 0 Å². The molecule has 110 valence electrons. The van der Waals surface area contributed by atoms with Crippen molar-refractivity contribution >= 4 is 17.2 Å². The first-order valence-corrected chi connectivity index (χ1v) is 6.79. The molecule has 0 fully saturated rings. The highest BCUT2D eigenvalue weighted by atomic mass is 19.1. The van der Waals surface area contributed by atoms with E-state index in [1.807, 2.05) is 31.0 Å². The second kappa shape index (κ2) is 5.95. The maximum atomic E-state index is 13.9. The Morgan fingerprint density at radius 1 is 1.24 bits per heavy atom. The minimum atomic E-state index is -0.231. The number of rotatable bonds is 4. The highest BCUT2D eigenvalue weighted by molar-refractivity contribution is 5.99. The van der Waals surface area contributed by atoms with E-state index < -0.39 is 0 Å². The van der Waals surface area contributed by atoms with Crippen LogP contribution < -0.4 is 10.6 Å². The van der Waals surface area contributed by atoms with Crippen molar-refractivity contribution in [3.05, 3.63) is 59.4 Å². The van der Waals surface area contributed by atoms with Crippen molar-refractivity contribution < 1.29 is 9.18 Å². The molecule has 2 N–H and O–H groups in total. The zero-order valence-corrected chi connectivity index (χ0v) is 12.4. The number of carbonyl (C=O) groups excluding carboxylic acids is 1. The van der Waals surface area contributed by atoms with E-state index in [0.717, 1.165) is 5.69 Å². The summed E-state index contributed by atoms with van der Waals surface area (Å²) in [4.78, 5) is 13.3. The van der Waals surface area contributed by atoms with E-state index in [-0.39, 0.29) is 17.6 Å². The quantitative estimate of drug-likeness (QED) is 0.686. The van der Waals surface area contributed by atoms with Gasteiger partial charge in [0.25, 0.3) is 0 Å². The van der Waals surface area contributed by atoms with E-state index in [9.17, 15) is 9.18 Å². The average molecular weight is 286 g/mol. The van der Waals surface area contributed by atoms with E-state index in [0.29, 0.717) is 16.8 Å². The monoisotopic (exact) mass is 286 g/mol. The number of benzene rings is 2. The molecule has 0 aromatic heterocycles. The van der Waals surface area contributed by atoms with E-state index >= 15 is 0 Å². The van der Waals surface area contributed by atoms with Crippen LogP contribution in [0.2, 0.25) is 0 Å². The first kappa shape index (κ1) is 15.0. The van der Waals surface area contributed by atoms with E-state index in [1.54, 1.807) is 24.3 Å². The van der Waals surface area contributed by atoms with Crippen LogP contribution in [0.25, 0.3) is 0 Å². The van der Waals surface area contributed by atoms with Gasteiger partial charge in [-0.2, -0.15) is 0 Å². The van der Waals surface area contributed by atoms with Crippen molar-refractivity contribution in [2.24, 2.45) is 0 Å². The van der Waals surface area contributed by atoms with Gasteiger partial charge in [0.15, 0.2) is 5.78 Å². The predicted molar refractivity (Wildman–Crippen MR) is 84.1 cm³/mol. The molecular formula is C17H19FN2O. The fourth-order valence-electron chi connectivity index (χ4n) is 2.34. The van der Waals surface area contributed by atoms with E-state index in [2.05, 4.69) is 0 Å². The van der Waals surface area contributed by atoms with Crippen molar-refractivity contribution in [1.82, 2.24) is 0 Å². The normalized spacial score (nSPS) is 12.0. The van der Waals surface area contributed by atoms with Gasteiger partial charge in [0, 0.05) is 29.5 Å². The summed E-state index contributed by atoms with van der Waals surface area (Å²) in [6.45, 7) is 3.41. The third kappa shape index (κ3) is 3.05. The van der Waals surface area contributed by atoms with Crippen LogP contribution in [-0.2, 0) is 0 Å². The maximum Gasteiger partial charge on any atom is 0.161 e. The molecule has 0 spiro atoms. The Kier molecular flexibility index (Phi) is 4.26. The second-order valence-corrected chi connectivity index (χ2v) is 5.14. The molecule has 0 bridgehead atoms. The van der Waals surface area contributed by atoms with E-state index in [1.165, 1.54) is 13.0 Å². The number of ketones is 1. The summed E-state index contributed by atoms with van der Waals surface area (Å²) in [5.41, 5.74) is 8.31. The molecule has 0 saturated carbocycles. The van der Waals surface area contributed by atoms with Crippen molar-refractivity contribution in [1.29, 1.82) is 0 Å². The lowest BCUT2D eigenvalue weighted by Gasteiger charge is -2.28. The molecule has 1 atom stereocenters. The van der Waals surface area contributed by atoms with Gasteiger partial charge < -0.3 is 10.6 Å². The molecular weight excluding hydrogens is 267 g/mol. The zero-order valence-electron chi connectivity index (χ0n) is 12.4. The van der Waals surface area contributed by atoms with Gasteiger partial charge in [-0.1, -0.05) is 18.2 Å². The summed E-state index contributed by atoms with van der Waals surface area (Å²) in [5.74, 6) is -0.297. The Morgan fingerprint density at radius 2 is 1.90 bits per heavy atom. The van der Waals surface area contributed by atoms with Crippen LogP contribution in [0.15, 0.2) is 42.5 Å². The Morgan fingerprint density at radius 3 is 2.48 bits per heavy atom. The summed E-state index contributed by atoms with van der Waals surface area (Å²) in [5, 5.41) is 0. The van der Waals surface area contributed by atoms with Gasteiger partial charge in [-0.25, -0.2) is 4.39 Å². The fraction of sp³-hybridized carbons (Fsp3) is 0.235. The lowest BCUT2D eigenvalue weighted by molar-refractivity contribution is 0.101. The number of halogens is 1. The number of Topliss-reactive ketones (excluding diaryl/α,β-unsaturated/α-hetero) is 1. The molecule has 0 radical (unpaired) electrons. The summed E-state index contributed by atoms with van der Waals surface area (Å²) in [6.07, 6.45) is 0. The number of hydrogen-bond donors (Lipinski definition) is 1. The molecule has 21 heavy (non-hydrogen) atoms. The number of carbonyl (C=O) groups is 1. The van der Waals surface area contributed by atoms with Gasteiger partial charge in [0.05, 0.1) is 6.04 Å². The summed E-state index contributed by atoms with van der Waals surface area (Å²) in [6, 6.07) is 11.8. The Hall–Kier alpha value is -2.36. The third-order valence-corrected chi connectivity index (χ3v) is 3.76. The van der Waals surface area contributed by atoms with Crippen LogP contribution in [0.4, 0.5) is 15.8 Å². The molecule has 2 aromatic rings. The summed E-state index contributed by atoms with van der Waals surface area (Å²) < 4.78 is 13.9. The van der Waals surface area contributed by atoms with Crippen molar-refractivity contribution in [2.45, 2.75) is 19.9 Å². The topological polar surface area (TPSA) is 46.3 Å². The van der Waals surface area contributed by atoms with Crippen LogP contribution in [-0.4, -0.2) is 12.8 Å². The summed E-state index contributed by atoms with van der Waals surface area (Å²) >= 11 is 0. The number of anilines is 2. The predicted octanol–water partition coefficient (Wildman–Crippen LogP) is 3.81. The highest BCUT2D eigenvalue weighted by Crippen LogP contribution is 2.29. The molecule has 0 saturated heterocycles. The average Bonchev–Trinajstić information content (AvgIpc) is 2.45. The van der Waals surface area contributed by atoms with Crippen LogP contribution >= 0.6 is 0 Å². The molecule has 0 aliphatic heterocycles. The fourth-order valence-corrected chi connectivity index (χ4v) is 2.34. The largest absolute Gasteiger partial charge is 0.398 e. The zero-order chi connectivity index (χ0) is 15.6. The van der Waals surface area contributed by atoms with Crippen LogP contribution in [0, 0.1) is 5.82 Å². The SMILES string of the molecule is CC(=O)c1ccc(N(C)C(C)c2ccccc2F)cc1N. The van der Waals surface area contributed by atoms with Crippen LogP contribution in [0.1, 0.15) is 35.8 Å². The number of nitrogen functional groups attached to an aromatic ring is 1. The first-order chi connectivity index (χ1) is 9.91. The second-order valence-electron chi connectivity index (χ2n) is 5.14. The third-order valence-electron chi connectivity index (χ3n) is 3.76. The van der Waals surface area contributed by atoms with Crippen molar-refractivity contribution in [3.8, 4) is 0 Å². The van der Waals surface area contributed by atoms with Gasteiger partial charge in [-0.15, -0.1) is 0 Å². The Labute approximate surface area is 124 Å². The smallest absolute Gasteiger partial charge is 0.161 e. The molecule has 0 heterocycles. The standard InChI is InChI=1S/C17H19FN2O/c1-11(14-6-4-5-7-16(14)18)20(3)13-8-9-15(12(2)21)17(19)10-13/h4-11H,19H2,1-3H3. The van der Waals surface area contributed by atoms with Gasteiger partial charge in [-0.3, -0.25) is 4.79 Å². The Balaban J connectivity index is 2.32. The van der Waals surface area contributed by atoms with Gasteiger partial charge in [0.2, 0.25) is 0 Å². The first-order valence-electron chi connectivity index (χ1n) is 6.79. The highest BCUT2D eigenvalue weighted by Gasteiger charge is 2.17. The van der Waals surface area contributed by atoms with Crippen LogP contribution in [0.5, 0.6) is 0 Å². The molecule has 2 aromatic carbocycles. The minimum absolute atomic E-state index is 0.0659. The minimum Gasteiger partial charge on any atom is -0.398 e. The number of hydrogen-bond acceptors (Lipinski definition) is 3. The van der Waals surface area contributed by atoms with Gasteiger partial charge in [0.1, 0.15) is 5.82 Å². The molecule has 0 amide bonds. The molecule has 4 heteroatoms. The molecule has 0 aliphatic rings. The number of nitrogens with zero attached hydrogens (tertiary/aromatic N) is 1. The lowest BCUT2D eigenvalue weighted by atomic mass is 10.0. The van der Waals surface area contributed by atoms with Gasteiger partial charge in [-0.05, 0) is 38.1 Å². The molecule has 0 aliphatic carbocycles. The lowest BCUT2D eigenvalue weighted by Crippen LogP contribution is -2.22. The van der Waals surface area contributed by atoms with Crippen molar-refractivity contribution in [2.75, 3.05) is 17.7 Å². The van der Waals surface area contributed by atoms with Crippen LogP contribution in [0.3, 0.4) is 0 Å². The Bertz CT molecular complexity index is 670. The number of nitrogens with two attached hydrogens (primary N) is 1. The molecule has 3 nitrogen and oxygen atoms in total. The maximum absolute atomic E-state index is 13.9. The van der Waals surface area contributed by atoms with E-state index in [4.69, 9.17) is 5.73 Å². The summed E-state index contributed by atoms with van der Waals surface area (Å²) in [7, 11) is 1.87. The van der Waals surface area contributed by atoms with Gasteiger partial charge >= 0.3 is 0 Å².